The lowest BCUT2D eigenvalue weighted by atomic mass is 10.1. The Morgan fingerprint density at radius 2 is 2.12 bits per heavy atom. The van der Waals surface area contributed by atoms with Crippen molar-refractivity contribution >= 4 is 5.91 Å². The molecule has 1 amide bonds. The van der Waals surface area contributed by atoms with E-state index < -0.39 is 6.10 Å². The molecule has 3 atom stereocenters. The predicted octanol–water partition coefficient (Wildman–Crippen LogP) is 0.547. The summed E-state index contributed by atoms with van der Waals surface area (Å²) < 4.78 is 5.41. The summed E-state index contributed by atoms with van der Waals surface area (Å²) in [5.41, 5.74) is 1.08. The smallest absolute Gasteiger partial charge is 0.254 e. The molecule has 4 heteroatoms. The van der Waals surface area contributed by atoms with Crippen LogP contribution >= 0.6 is 0 Å². The van der Waals surface area contributed by atoms with Crippen LogP contribution in [0.4, 0.5) is 0 Å². The third-order valence-electron chi connectivity index (χ3n) is 3.55. The van der Waals surface area contributed by atoms with E-state index in [1.165, 1.54) is 0 Å². The number of aliphatic hydroxyl groups is 1. The molecule has 1 aromatic rings. The molecule has 90 valence electrons. The van der Waals surface area contributed by atoms with Crippen molar-refractivity contribution < 1.29 is 14.6 Å². The second-order valence-electron chi connectivity index (χ2n) is 4.59. The van der Waals surface area contributed by atoms with Gasteiger partial charge < -0.3 is 14.7 Å². The van der Waals surface area contributed by atoms with Gasteiger partial charge in [0.1, 0.15) is 6.10 Å². The van der Waals surface area contributed by atoms with E-state index in [-0.39, 0.29) is 18.1 Å². The Labute approximate surface area is 99.8 Å². The summed E-state index contributed by atoms with van der Waals surface area (Å²) >= 11 is 0. The van der Waals surface area contributed by atoms with Crippen molar-refractivity contribution in [3.8, 4) is 0 Å². The van der Waals surface area contributed by atoms with E-state index in [0.29, 0.717) is 13.2 Å². The average molecular weight is 233 g/mol. The van der Waals surface area contributed by atoms with Crippen LogP contribution in [0.5, 0.6) is 0 Å². The molecule has 1 N–H and O–H groups in total. The minimum absolute atomic E-state index is 0.0395. The number of benzene rings is 1. The van der Waals surface area contributed by atoms with E-state index in [9.17, 15) is 9.90 Å². The summed E-state index contributed by atoms with van der Waals surface area (Å²) in [5.74, 6) is -0.205. The fourth-order valence-corrected chi connectivity index (χ4v) is 2.68. The Kier molecular flexibility index (Phi) is 2.61. The van der Waals surface area contributed by atoms with Crippen LogP contribution in [0, 0.1) is 0 Å². The van der Waals surface area contributed by atoms with Crippen LogP contribution in [0.3, 0.4) is 0 Å². The largest absolute Gasteiger partial charge is 0.380 e. The summed E-state index contributed by atoms with van der Waals surface area (Å²) in [6.45, 7) is 1.19. The highest BCUT2D eigenvalue weighted by molar-refractivity contribution is 5.84. The number of likely N-dealkylation sites (tertiary alicyclic amines) is 1. The van der Waals surface area contributed by atoms with Gasteiger partial charge in [0, 0.05) is 13.2 Å². The van der Waals surface area contributed by atoms with Gasteiger partial charge in [0.2, 0.25) is 0 Å². The highest BCUT2D eigenvalue weighted by atomic mass is 16.5. The molecule has 2 aliphatic heterocycles. The fourth-order valence-electron chi connectivity index (χ4n) is 2.68. The topological polar surface area (TPSA) is 49.8 Å². The maximum absolute atomic E-state index is 11.9. The predicted molar refractivity (Wildman–Crippen MR) is 61.1 cm³/mol. The van der Waals surface area contributed by atoms with Crippen molar-refractivity contribution in [2.45, 2.75) is 31.2 Å². The third-order valence-corrected chi connectivity index (χ3v) is 3.55. The van der Waals surface area contributed by atoms with Gasteiger partial charge in [-0.05, 0) is 12.0 Å². The van der Waals surface area contributed by atoms with Gasteiger partial charge >= 0.3 is 0 Å². The Balaban J connectivity index is 1.81. The van der Waals surface area contributed by atoms with E-state index in [1.54, 1.807) is 4.90 Å². The molecule has 2 saturated heterocycles. The van der Waals surface area contributed by atoms with Crippen LogP contribution in [0.1, 0.15) is 12.0 Å². The Bertz CT molecular complexity index is 420. The van der Waals surface area contributed by atoms with Crippen LogP contribution in [0.2, 0.25) is 0 Å². The van der Waals surface area contributed by atoms with Crippen LogP contribution in [-0.2, 0) is 16.1 Å². The monoisotopic (exact) mass is 233 g/mol. The number of carbonyl (C=O) groups excluding carboxylic acids is 1. The van der Waals surface area contributed by atoms with Crippen LogP contribution in [0.25, 0.3) is 0 Å². The maximum atomic E-state index is 11.9. The summed E-state index contributed by atoms with van der Waals surface area (Å²) in [6, 6.07) is 9.87. The molecular formula is C13H15NO3. The second-order valence-corrected chi connectivity index (χ2v) is 4.59. The quantitative estimate of drug-likeness (QED) is 0.811. The lowest BCUT2D eigenvalue weighted by Crippen LogP contribution is -2.34. The van der Waals surface area contributed by atoms with E-state index in [4.69, 9.17) is 4.74 Å². The lowest BCUT2D eigenvalue weighted by Gasteiger charge is -2.22. The molecule has 0 bridgehead atoms. The highest BCUT2D eigenvalue weighted by Gasteiger charge is 2.50. The molecule has 3 unspecified atom stereocenters. The summed E-state index contributed by atoms with van der Waals surface area (Å²) in [6.07, 6.45) is -0.488. The third kappa shape index (κ3) is 1.73. The molecule has 2 fully saturated rings. The molecule has 2 aliphatic rings. The SMILES string of the molecule is O=C1C(O)C2OCCC2N1Cc1ccccc1. The molecule has 0 aliphatic carbocycles. The number of ether oxygens (including phenoxy) is 1. The van der Waals surface area contributed by atoms with Gasteiger partial charge in [0.25, 0.3) is 5.91 Å². The zero-order valence-electron chi connectivity index (χ0n) is 9.45. The fraction of sp³-hybridized carbons (Fsp3) is 0.462. The average Bonchev–Trinajstić information content (AvgIpc) is 2.91. The Morgan fingerprint density at radius 1 is 1.35 bits per heavy atom. The molecule has 0 aromatic heterocycles. The van der Waals surface area contributed by atoms with Crippen molar-refractivity contribution in [1.82, 2.24) is 4.90 Å². The summed E-state index contributed by atoms with van der Waals surface area (Å²) in [4.78, 5) is 13.7. The standard InChI is InChI=1S/C13H15NO3/c15-11-12-10(6-7-17-12)14(13(11)16)8-9-4-2-1-3-5-9/h1-5,10-12,15H,6-8H2. The van der Waals surface area contributed by atoms with Crippen molar-refractivity contribution in [3.05, 3.63) is 35.9 Å². The van der Waals surface area contributed by atoms with Gasteiger partial charge in [-0.15, -0.1) is 0 Å². The van der Waals surface area contributed by atoms with E-state index in [0.717, 1.165) is 12.0 Å². The normalized spacial score (nSPS) is 31.9. The van der Waals surface area contributed by atoms with Gasteiger partial charge in [-0.25, -0.2) is 0 Å². The summed E-state index contributed by atoms with van der Waals surface area (Å²) in [5, 5.41) is 9.80. The number of carbonyl (C=O) groups is 1. The number of hydrogen-bond donors (Lipinski definition) is 1. The molecule has 4 nitrogen and oxygen atoms in total. The van der Waals surface area contributed by atoms with Crippen LogP contribution in [-0.4, -0.2) is 40.8 Å². The van der Waals surface area contributed by atoms with Gasteiger partial charge in [0.15, 0.2) is 6.10 Å². The van der Waals surface area contributed by atoms with Crippen molar-refractivity contribution in [3.63, 3.8) is 0 Å². The number of rotatable bonds is 2. The van der Waals surface area contributed by atoms with E-state index >= 15 is 0 Å². The minimum Gasteiger partial charge on any atom is -0.380 e. The molecule has 2 heterocycles. The molecule has 0 spiro atoms. The number of hydrogen-bond acceptors (Lipinski definition) is 3. The van der Waals surface area contributed by atoms with E-state index in [1.807, 2.05) is 30.3 Å². The zero-order chi connectivity index (χ0) is 11.8. The first-order chi connectivity index (χ1) is 8.27. The van der Waals surface area contributed by atoms with Gasteiger partial charge in [0.05, 0.1) is 6.04 Å². The van der Waals surface area contributed by atoms with Gasteiger partial charge in [-0.3, -0.25) is 4.79 Å². The number of aliphatic hydroxyl groups excluding tert-OH is 1. The van der Waals surface area contributed by atoms with Gasteiger partial charge in [-0.1, -0.05) is 30.3 Å². The Hall–Kier alpha value is -1.39. The van der Waals surface area contributed by atoms with E-state index in [2.05, 4.69) is 0 Å². The molecular weight excluding hydrogens is 218 g/mol. The first kappa shape index (κ1) is 10.7. The van der Waals surface area contributed by atoms with Crippen molar-refractivity contribution in [2.24, 2.45) is 0 Å². The minimum atomic E-state index is -0.980. The molecule has 0 saturated carbocycles. The highest BCUT2D eigenvalue weighted by Crippen LogP contribution is 2.31. The van der Waals surface area contributed by atoms with Crippen LogP contribution in [0.15, 0.2) is 30.3 Å². The first-order valence-corrected chi connectivity index (χ1v) is 5.91. The molecule has 1 aromatic carbocycles. The first-order valence-electron chi connectivity index (χ1n) is 5.91. The second kappa shape index (κ2) is 4.13. The van der Waals surface area contributed by atoms with Crippen LogP contribution < -0.4 is 0 Å². The maximum Gasteiger partial charge on any atom is 0.254 e. The van der Waals surface area contributed by atoms with Crippen molar-refractivity contribution in [2.75, 3.05) is 6.61 Å². The number of fused-ring (bicyclic) bond motifs is 1. The number of nitrogens with zero attached hydrogens (tertiary/aromatic N) is 1. The van der Waals surface area contributed by atoms with Gasteiger partial charge in [-0.2, -0.15) is 0 Å². The molecule has 17 heavy (non-hydrogen) atoms. The lowest BCUT2D eigenvalue weighted by molar-refractivity contribution is -0.138. The molecule has 3 rings (SSSR count). The molecule has 0 radical (unpaired) electrons. The number of amides is 1. The van der Waals surface area contributed by atoms with Crippen molar-refractivity contribution in [1.29, 1.82) is 0 Å². The summed E-state index contributed by atoms with van der Waals surface area (Å²) in [7, 11) is 0. The zero-order valence-corrected chi connectivity index (χ0v) is 9.45. The Morgan fingerprint density at radius 3 is 2.88 bits per heavy atom.